The standard InChI is InChI=1S/C25H30FN3O2/c1-17(22(13-18-6-4-7-18)21-9-5-8-19(12-21)15-27)29-24(30)25(2,3)31-23-11-10-20(14-26)16-28-23/h5,8-12,16-18,22H,4,6-7,13-14H2,1-3H3,(H,29,30). The van der Waals surface area contributed by atoms with Crippen LogP contribution in [0, 0.1) is 17.2 Å². The fourth-order valence-electron chi connectivity index (χ4n) is 3.89. The van der Waals surface area contributed by atoms with Gasteiger partial charge in [-0.15, -0.1) is 0 Å². The van der Waals surface area contributed by atoms with Gasteiger partial charge in [0.2, 0.25) is 5.88 Å². The molecule has 0 aliphatic heterocycles. The number of nitriles is 1. The number of ether oxygens (including phenoxy) is 1. The van der Waals surface area contributed by atoms with E-state index in [1.54, 1.807) is 32.0 Å². The van der Waals surface area contributed by atoms with Crippen LogP contribution in [0.2, 0.25) is 0 Å². The van der Waals surface area contributed by atoms with Gasteiger partial charge < -0.3 is 10.1 Å². The Morgan fingerprint density at radius 1 is 1.35 bits per heavy atom. The van der Waals surface area contributed by atoms with E-state index in [1.807, 2.05) is 25.1 Å². The van der Waals surface area contributed by atoms with Crippen molar-refractivity contribution >= 4 is 5.91 Å². The first kappa shape index (κ1) is 22.7. The molecule has 2 aromatic rings. The van der Waals surface area contributed by atoms with Crippen LogP contribution in [-0.2, 0) is 11.5 Å². The van der Waals surface area contributed by atoms with Crippen molar-refractivity contribution in [2.75, 3.05) is 0 Å². The number of rotatable bonds is 9. The normalized spacial score (nSPS) is 16.0. The molecule has 0 bridgehead atoms. The van der Waals surface area contributed by atoms with Gasteiger partial charge in [-0.05, 0) is 56.9 Å². The number of benzene rings is 1. The SMILES string of the molecule is CC(NC(=O)C(C)(C)Oc1ccc(CF)cn1)C(CC1CCC1)c1cccc(C#N)c1. The Labute approximate surface area is 183 Å². The molecule has 1 heterocycles. The number of aromatic nitrogens is 1. The lowest BCUT2D eigenvalue weighted by Gasteiger charge is -2.35. The topological polar surface area (TPSA) is 75.0 Å². The van der Waals surface area contributed by atoms with Crippen molar-refractivity contribution in [3.05, 3.63) is 59.3 Å². The van der Waals surface area contributed by atoms with E-state index in [0.717, 1.165) is 12.0 Å². The third kappa shape index (κ3) is 5.81. The minimum atomic E-state index is -1.14. The highest BCUT2D eigenvalue weighted by Gasteiger charge is 2.34. The molecule has 0 radical (unpaired) electrons. The minimum absolute atomic E-state index is 0.111. The second kappa shape index (κ2) is 9.91. The molecule has 31 heavy (non-hydrogen) atoms. The quantitative estimate of drug-likeness (QED) is 0.612. The highest BCUT2D eigenvalue weighted by atomic mass is 19.1. The smallest absolute Gasteiger partial charge is 0.263 e. The zero-order valence-corrected chi connectivity index (χ0v) is 18.4. The average molecular weight is 424 g/mol. The van der Waals surface area contributed by atoms with Crippen molar-refractivity contribution in [1.29, 1.82) is 5.26 Å². The maximum absolute atomic E-state index is 13.1. The van der Waals surface area contributed by atoms with Crippen molar-refractivity contribution in [3.8, 4) is 11.9 Å². The summed E-state index contributed by atoms with van der Waals surface area (Å²) in [5.74, 6) is 0.794. The molecule has 2 atom stereocenters. The van der Waals surface area contributed by atoms with E-state index in [-0.39, 0.29) is 23.7 Å². The summed E-state index contributed by atoms with van der Waals surface area (Å²) >= 11 is 0. The molecule has 1 aromatic carbocycles. The molecule has 2 unspecified atom stereocenters. The number of halogens is 1. The molecular weight excluding hydrogens is 393 g/mol. The third-order valence-electron chi connectivity index (χ3n) is 6.08. The van der Waals surface area contributed by atoms with Gasteiger partial charge in [0.05, 0.1) is 11.6 Å². The van der Waals surface area contributed by atoms with Gasteiger partial charge in [-0.3, -0.25) is 4.79 Å². The number of pyridine rings is 1. The van der Waals surface area contributed by atoms with E-state index in [4.69, 9.17) is 4.74 Å². The van der Waals surface area contributed by atoms with Crippen molar-refractivity contribution < 1.29 is 13.9 Å². The Morgan fingerprint density at radius 2 is 2.13 bits per heavy atom. The van der Waals surface area contributed by atoms with Crippen LogP contribution in [-0.4, -0.2) is 22.5 Å². The molecule has 5 nitrogen and oxygen atoms in total. The Kier molecular flexibility index (Phi) is 7.27. The summed E-state index contributed by atoms with van der Waals surface area (Å²) in [5, 5.41) is 12.4. The van der Waals surface area contributed by atoms with Crippen LogP contribution in [0.3, 0.4) is 0 Å². The van der Waals surface area contributed by atoms with Gasteiger partial charge >= 0.3 is 0 Å². The van der Waals surface area contributed by atoms with Crippen molar-refractivity contribution in [2.24, 2.45) is 5.92 Å². The van der Waals surface area contributed by atoms with E-state index in [2.05, 4.69) is 16.4 Å². The Hall–Kier alpha value is -2.94. The van der Waals surface area contributed by atoms with E-state index in [9.17, 15) is 14.4 Å². The van der Waals surface area contributed by atoms with Crippen molar-refractivity contribution in [1.82, 2.24) is 10.3 Å². The molecule has 6 heteroatoms. The number of nitrogens with one attached hydrogen (secondary N) is 1. The van der Waals surface area contributed by atoms with Crippen molar-refractivity contribution in [3.63, 3.8) is 0 Å². The van der Waals surface area contributed by atoms with Crippen LogP contribution in [0.1, 0.15) is 69.1 Å². The number of hydrogen-bond acceptors (Lipinski definition) is 4. The lowest BCUT2D eigenvalue weighted by Crippen LogP contribution is -2.51. The molecule has 1 N–H and O–H groups in total. The van der Waals surface area contributed by atoms with Crippen LogP contribution in [0.15, 0.2) is 42.6 Å². The number of alkyl halides is 1. The molecule has 1 aromatic heterocycles. The minimum Gasteiger partial charge on any atom is -0.462 e. The summed E-state index contributed by atoms with van der Waals surface area (Å²) < 4.78 is 18.5. The molecule has 1 amide bonds. The van der Waals surface area contributed by atoms with Gasteiger partial charge in [0.1, 0.15) is 6.67 Å². The summed E-state index contributed by atoms with van der Waals surface area (Å²) in [7, 11) is 0. The second-order valence-electron chi connectivity index (χ2n) is 8.89. The monoisotopic (exact) mass is 423 g/mol. The highest BCUT2D eigenvalue weighted by molar-refractivity contribution is 5.85. The first-order valence-corrected chi connectivity index (χ1v) is 10.8. The zero-order chi connectivity index (χ0) is 22.4. The van der Waals surface area contributed by atoms with Gasteiger partial charge in [0.25, 0.3) is 5.91 Å². The number of nitrogens with zero attached hydrogens (tertiary/aromatic N) is 2. The van der Waals surface area contributed by atoms with Gasteiger partial charge in [-0.2, -0.15) is 5.26 Å². The molecule has 1 saturated carbocycles. The van der Waals surface area contributed by atoms with Gasteiger partial charge in [0, 0.05) is 29.8 Å². The largest absolute Gasteiger partial charge is 0.462 e. The van der Waals surface area contributed by atoms with E-state index in [1.165, 1.54) is 25.5 Å². The predicted molar refractivity (Wildman–Crippen MR) is 117 cm³/mol. The number of hydrogen-bond donors (Lipinski definition) is 1. The van der Waals surface area contributed by atoms with Crippen LogP contribution in [0.25, 0.3) is 0 Å². The molecule has 0 saturated heterocycles. The van der Waals surface area contributed by atoms with Crippen LogP contribution in [0.4, 0.5) is 4.39 Å². The maximum atomic E-state index is 13.1. The fourth-order valence-corrected chi connectivity index (χ4v) is 3.89. The number of carbonyl (C=O) groups excluding carboxylic acids is 1. The van der Waals surface area contributed by atoms with Crippen LogP contribution >= 0.6 is 0 Å². The van der Waals surface area contributed by atoms with E-state index in [0.29, 0.717) is 17.0 Å². The first-order chi connectivity index (χ1) is 14.8. The van der Waals surface area contributed by atoms with E-state index < -0.39 is 12.3 Å². The third-order valence-corrected chi connectivity index (χ3v) is 6.08. The average Bonchev–Trinajstić information content (AvgIpc) is 2.73. The summed E-state index contributed by atoms with van der Waals surface area (Å²) in [4.78, 5) is 17.1. The van der Waals surface area contributed by atoms with Gasteiger partial charge in [-0.1, -0.05) is 31.4 Å². The lowest BCUT2D eigenvalue weighted by atomic mass is 9.75. The van der Waals surface area contributed by atoms with Gasteiger partial charge in [-0.25, -0.2) is 9.37 Å². The zero-order valence-electron chi connectivity index (χ0n) is 18.4. The van der Waals surface area contributed by atoms with E-state index >= 15 is 0 Å². The Morgan fingerprint density at radius 3 is 2.71 bits per heavy atom. The highest BCUT2D eigenvalue weighted by Crippen LogP contribution is 2.37. The summed E-state index contributed by atoms with van der Waals surface area (Å²) in [6, 6.07) is 12.9. The van der Waals surface area contributed by atoms with Crippen LogP contribution < -0.4 is 10.1 Å². The molecule has 1 aliphatic rings. The number of amides is 1. The molecule has 1 fully saturated rings. The molecule has 1 aliphatic carbocycles. The Balaban J connectivity index is 1.71. The Bertz CT molecular complexity index is 933. The summed E-state index contributed by atoms with van der Waals surface area (Å²) in [5.41, 5.74) is 1.01. The maximum Gasteiger partial charge on any atom is 0.263 e. The molecular formula is C25H30FN3O2. The molecule has 3 rings (SSSR count). The molecule has 164 valence electrons. The predicted octanol–water partition coefficient (Wildman–Crippen LogP) is 5.06. The lowest BCUT2D eigenvalue weighted by molar-refractivity contribution is -0.135. The molecule has 0 spiro atoms. The fraction of sp³-hybridized carbons (Fsp3) is 0.480. The number of carbonyl (C=O) groups is 1. The van der Waals surface area contributed by atoms with Gasteiger partial charge in [0.15, 0.2) is 5.60 Å². The van der Waals surface area contributed by atoms with Crippen LogP contribution in [0.5, 0.6) is 5.88 Å². The first-order valence-electron chi connectivity index (χ1n) is 10.8. The van der Waals surface area contributed by atoms with Crippen molar-refractivity contribution in [2.45, 2.75) is 70.7 Å². The summed E-state index contributed by atoms with van der Waals surface area (Å²) in [6.07, 6.45) is 6.06. The second-order valence-corrected chi connectivity index (χ2v) is 8.89. The summed E-state index contributed by atoms with van der Waals surface area (Å²) in [6.45, 7) is 4.79.